The molecule has 2 nitrogen and oxygen atoms in total. The number of benzene rings is 3. The number of aromatic nitrogens is 1. The minimum absolute atomic E-state index is 0.178. The fourth-order valence-corrected chi connectivity index (χ4v) is 4.04. The van der Waals surface area contributed by atoms with E-state index in [0.717, 1.165) is 12.1 Å². The molecule has 3 aromatic carbocycles. The summed E-state index contributed by atoms with van der Waals surface area (Å²) in [5.74, 6) is -1.68. The SMILES string of the molecule is O=C(c1ccccc1)c1c(SC(F)(F)F)[nH]c(-c2ccc(F)cc2)c1-c1ccc(F)cc1. The molecule has 0 aliphatic heterocycles. The van der Waals surface area contributed by atoms with Crippen LogP contribution in [0.4, 0.5) is 22.0 Å². The lowest BCUT2D eigenvalue weighted by Gasteiger charge is -2.10. The van der Waals surface area contributed by atoms with Crippen molar-refractivity contribution in [1.29, 1.82) is 0 Å². The number of rotatable bonds is 5. The molecule has 0 aliphatic rings. The first-order chi connectivity index (χ1) is 15.2. The van der Waals surface area contributed by atoms with E-state index in [0.29, 0.717) is 11.1 Å². The molecule has 0 amide bonds. The highest BCUT2D eigenvalue weighted by molar-refractivity contribution is 8.00. The number of carbonyl (C=O) groups excluding carboxylic acids is 1. The van der Waals surface area contributed by atoms with E-state index in [1.807, 2.05) is 0 Å². The number of nitrogens with one attached hydrogen (secondary N) is 1. The van der Waals surface area contributed by atoms with Crippen LogP contribution in [0.3, 0.4) is 0 Å². The van der Waals surface area contributed by atoms with Crippen molar-refractivity contribution in [2.75, 3.05) is 0 Å². The highest BCUT2D eigenvalue weighted by atomic mass is 32.2. The lowest BCUT2D eigenvalue weighted by atomic mass is 9.94. The molecular formula is C24H14F5NOS. The van der Waals surface area contributed by atoms with Gasteiger partial charge in [0.1, 0.15) is 11.6 Å². The summed E-state index contributed by atoms with van der Waals surface area (Å²) < 4.78 is 67.1. The van der Waals surface area contributed by atoms with Crippen LogP contribution in [0.25, 0.3) is 22.4 Å². The molecule has 0 saturated heterocycles. The topological polar surface area (TPSA) is 32.9 Å². The van der Waals surface area contributed by atoms with Crippen molar-refractivity contribution in [2.24, 2.45) is 0 Å². The molecule has 0 atom stereocenters. The molecule has 1 N–H and O–H groups in total. The molecule has 1 aromatic heterocycles. The van der Waals surface area contributed by atoms with Gasteiger partial charge in [-0.15, -0.1) is 0 Å². The van der Waals surface area contributed by atoms with Gasteiger partial charge in [-0.05, 0) is 47.5 Å². The summed E-state index contributed by atoms with van der Waals surface area (Å²) >= 11 is -0.444. The highest BCUT2D eigenvalue weighted by Gasteiger charge is 2.35. The lowest BCUT2D eigenvalue weighted by Crippen LogP contribution is -2.06. The van der Waals surface area contributed by atoms with Crippen molar-refractivity contribution in [3.8, 4) is 22.4 Å². The third kappa shape index (κ3) is 4.60. The van der Waals surface area contributed by atoms with Crippen molar-refractivity contribution in [3.63, 3.8) is 0 Å². The first-order valence-corrected chi connectivity index (χ1v) is 10.2. The molecule has 0 fully saturated rings. The van der Waals surface area contributed by atoms with E-state index in [-0.39, 0.29) is 22.4 Å². The van der Waals surface area contributed by atoms with E-state index in [2.05, 4.69) is 4.98 Å². The Kier molecular flexibility index (Phi) is 5.88. The molecule has 162 valence electrons. The maximum Gasteiger partial charge on any atom is 0.447 e. The first-order valence-electron chi connectivity index (χ1n) is 9.36. The van der Waals surface area contributed by atoms with E-state index < -0.39 is 39.7 Å². The second-order valence-corrected chi connectivity index (χ2v) is 7.91. The molecule has 4 rings (SSSR count). The van der Waals surface area contributed by atoms with Gasteiger partial charge in [0.05, 0.1) is 16.3 Å². The molecule has 0 radical (unpaired) electrons. The van der Waals surface area contributed by atoms with Gasteiger partial charge < -0.3 is 4.98 Å². The lowest BCUT2D eigenvalue weighted by molar-refractivity contribution is -0.0329. The quantitative estimate of drug-likeness (QED) is 0.191. The maximum atomic E-state index is 13.6. The van der Waals surface area contributed by atoms with Gasteiger partial charge in [-0.2, -0.15) is 13.2 Å². The van der Waals surface area contributed by atoms with Crippen LogP contribution in [-0.4, -0.2) is 16.3 Å². The fraction of sp³-hybridized carbons (Fsp3) is 0.0417. The van der Waals surface area contributed by atoms with Crippen LogP contribution in [0.2, 0.25) is 0 Å². The van der Waals surface area contributed by atoms with E-state index in [9.17, 15) is 26.7 Å². The molecule has 32 heavy (non-hydrogen) atoms. The summed E-state index contributed by atoms with van der Waals surface area (Å²) in [6, 6.07) is 18.1. The summed E-state index contributed by atoms with van der Waals surface area (Å²) in [6.45, 7) is 0. The first kappa shape index (κ1) is 21.8. The van der Waals surface area contributed by atoms with E-state index in [4.69, 9.17) is 0 Å². The van der Waals surface area contributed by atoms with Crippen molar-refractivity contribution < 1.29 is 26.7 Å². The number of aromatic amines is 1. The molecule has 0 saturated carbocycles. The minimum Gasteiger partial charge on any atom is -0.348 e. The average molecular weight is 459 g/mol. The predicted molar refractivity (Wildman–Crippen MR) is 113 cm³/mol. The standard InChI is InChI=1S/C24H14F5NOS/c25-17-10-6-14(7-11-17)19-20(22(31)16-4-2-1-3-5-16)23(32-24(27,28)29)30-21(19)15-8-12-18(26)13-9-15/h1-13,30H. The number of carbonyl (C=O) groups is 1. The van der Waals surface area contributed by atoms with E-state index in [1.165, 1.54) is 48.5 Å². The molecule has 1 heterocycles. The average Bonchev–Trinajstić information content (AvgIpc) is 3.12. The van der Waals surface area contributed by atoms with Gasteiger partial charge in [-0.25, -0.2) is 8.78 Å². The number of hydrogen-bond donors (Lipinski definition) is 1. The number of hydrogen-bond acceptors (Lipinski definition) is 2. The smallest absolute Gasteiger partial charge is 0.348 e. The molecular weight excluding hydrogens is 445 g/mol. The number of thioether (sulfide) groups is 1. The van der Waals surface area contributed by atoms with Gasteiger partial charge in [-0.3, -0.25) is 4.79 Å². The van der Waals surface area contributed by atoms with Crippen molar-refractivity contribution in [1.82, 2.24) is 4.98 Å². The van der Waals surface area contributed by atoms with Crippen LogP contribution in [0.15, 0.2) is 83.9 Å². The highest BCUT2D eigenvalue weighted by Crippen LogP contribution is 2.46. The van der Waals surface area contributed by atoms with E-state index >= 15 is 0 Å². The monoisotopic (exact) mass is 459 g/mol. The molecule has 8 heteroatoms. The summed E-state index contributed by atoms with van der Waals surface area (Å²) in [5, 5.41) is -0.398. The minimum atomic E-state index is -4.67. The summed E-state index contributed by atoms with van der Waals surface area (Å²) in [6.07, 6.45) is 0. The van der Waals surface area contributed by atoms with Gasteiger partial charge in [0.25, 0.3) is 0 Å². The Labute approximate surface area is 184 Å². The Morgan fingerprint density at radius 1 is 0.750 bits per heavy atom. The molecule has 0 unspecified atom stereocenters. The zero-order chi connectivity index (χ0) is 22.9. The molecule has 0 spiro atoms. The normalized spacial score (nSPS) is 11.5. The molecule has 0 aliphatic carbocycles. The zero-order valence-corrected chi connectivity index (χ0v) is 17.0. The third-order valence-corrected chi connectivity index (χ3v) is 5.45. The van der Waals surface area contributed by atoms with Crippen LogP contribution in [0, 0.1) is 11.6 Å². The Balaban J connectivity index is 2.02. The summed E-state index contributed by atoms with van der Waals surface area (Å²) in [7, 11) is 0. The van der Waals surface area contributed by atoms with Crippen LogP contribution >= 0.6 is 11.8 Å². The van der Waals surface area contributed by atoms with Crippen LogP contribution in [-0.2, 0) is 0 Å². The predicted octanol–water partition coefficient (Wildman–Crippen LogP) is 7.47. The molecule has 0 bridgehead atoms. The van der Waals surface area contributed by atoms with Crippen LogP contribution in [0.1, 0.15) is 15.9 Å². The zero-order valence-electron chi connectivity index (χ0n) is 16.2. The Bertz CT molecular complexity index is 1250. The number of alkyl halides is 3. The number of halogens is 5. The van der Waals surface area contributed by atoms with Crippen molar-refractivity contribution in [2.45, 2.75) is 10.5 Å². The van der Waals surface area contributed by atoms with Gasteiger partial charge >= 0.3 is 5.51 Å². The molecule has 4 aromatic rings. The second-order valence-electron chi connectivity index (χ2n) is 6.84. The van der Waals surface area contributed by atoms with Gasteiger partial charge in [0.15, 0.2) is 5.78 Å². The maximum absolute atomic E-state index is 13.6. The third-order valence-electron chi connectivity index (χ3n) is 4.71. The second kappa shape index (κ2) is 8.63. The van der Waals surface area contributed by atoms with E-state index in [1.54, 1.807) is 18.2 Å². The van der Waals surface area contributed by atoms with Crippen molar-refractivity contribution >= 4 is 17.5 Å². The Morgan fingerprint density at radius 3 is 1.81 bits per heavy atom. The Morgan fingerprint density at radius 2 is 1.28 bits per heavy atom. The largest absolute Gasteiger partial charge is 0.447 e. The van der Waals surface area contributed by atoms with Crippen molar-refractivity contribution in [3.05, 3.63) is 102 Å². The van der Waals surface area contributed by atoms with Gasteiger partial charge in [-0.1, -0.05) is 42.5 Å². The van der Waals surface area contributed by atoms with Crippen LogP contribution in [0.5, 0.6) is 0 Å². The number of ketones is 1. The number of H-pyrrole nitrogens is 1. The van der Waals surface area contributed by atoms with Gasteiger partial charge in [0.2, 0.25) is 0 Å². The Hall–Kier alpha value is -3.39. The van der Waals surface area contributed by atoms with Crippen LogP contribution < -0.4 is 0 Å². The fourth-order valence-electron chi connectivity index (χ4n) is 3.36. The van der Waals surface area contributed by atoms with Gasteiger partial charge in [0, 0.05) is 22.9 Å². The summed E-state index contributed by atoms with van der Waals surface area (Å²) in [4.78, 5) is 16.1. The summed E-state index contributed by atoms with van der Waals surface area (Å²) in [5.41, 5.74) is -3.57.